The molecule has 0 bridgehead atoms. The number of rotatable bonds is 6. The van der Waals surface area contributed by atoms with Crippen LogP contribution in [0.15, 0.2) is 36.4 Å². The number of carbonyl (C=O) groups is 1. The molecule has 0 spiro atoms. The summed E-state index contributed by atoms with van der Waals surface area (Å²) in [4.78, 5) is 12.4. The molecular formula is C20H24ClNO2. The SMILES string of the molecule is CCC(Oc1cc(C)c(Cl)c(C)c1)C(=O)NCc1ccccc1C. The van der Waals surface area contributed by atoms with Gasteiger partial charge in [-0.15, -0.1) is 0 Å². The van der Waals surface area contributed by atoms with Gasteiger partial charge in [0.2, 0.25) is 0 Å². The molecule has 0 saturated carbocycles. The van der Waals surface area contributed by atoms with Crippen LogP contribution in [0.1, 0.15) is 35.6 Å². The third kappa shape index (κ3) is 4.51. The number of amides is 1. The van der Waals surface area contributed by atoms with Gasteiger partial charge in [-0.05, 0) is 61.6 Å². The first-order chi connectivity index (χ1) is 11.4. The van der Waals surface area contributed by atoms with Gasteiger partial charge in [0.1, 0.15) is 5.75 Å². The zero-order valence-electron chi connectivity index (χ0n) is 14.7. The summed E-state index contributed by atoms with van der Waals surface area (Å²) in [5, 5.41) is 3.70. The van der Waals surface area contributed by atoms with Crippen LogP contribution in [0.4, 0.5) is 0 Å². The lowest BCUT2D eigenvalue weighted by Crippen LogP contribution is -2.37. The number of hydrogen-bond donors (Lipinski definition) is 1. The van der Waals surface area contributed by atoms with Crippen molar-refractivity contribution in [2.24, 2.45) is 0 Å². The molecular weight excluding hydrogens is 322 g/mol. The molecule has 0 aliphatic rings. The van der Waals surface area contributed by atoms with Crippen LogP contribution in [0.2, 0.25) is 5.02 Å². The van der Waals surface area contributed by atoms with Gasteiger partial charge in [-0.25, -0.2) is 0 Å². The van der Waals surface area contributed by atoms with Crippen molar-refractivity contribution < 1.29 is 9.53 Å². The van der Waals surface area contributed by atoms with Gasteiger partial charge in [0, 0.05) is 11.6 Å². The summed E-state index contributed by atoms with van der Waals surface area (Å²) in [5.74, 6) is 0.568. The van der Waals surface area contributed by atoms with E-state index in [9.17, 15) is 4.79 Å². The van der Waals surface area contributed by atoms with Gasteiger partial charge in [0.15, 0.2) is 6.10 Å². The molecule has 24 heavy (non-hydrogen) atoms. The topological polar surface area (TPSA) is 38.3 Å². The fourth-order valence-corrected chi connectivity index (χ4v) is 2.67. The third-order valence-electron chi connectivity index (χ3n) is 4.07. The number of halogens is 1. The minimum absolute atomic E-state index is 0.106. The maximum absolute atomic E-state index is 12.4. The first kappa shape index (κ1) is 18.3. The van der Waals surface area contributed by atoms with E-state index >= 15 is 0 Å². The van der Waals surface area contributed by atoms with E-state index in [4.69, 9.17) is 16.3 Å². The summed E-state index contributed by atoms with van der Waals surface area (Å²) in [7, 11) is 0. The summed E-state index contributed by atoms with van der Waals surface area (Å²) in [5.41, 5.74) is 4.17. The molecule has 0 heterocycles. The molecule has 2 aromatic rings. The molecule has 2 rings (SSSR count). The molecule has 0 aliphatic heterocycles. The highest BCUT2D eigenvalue weighted by molar-refractivity contribution is 6.32. The first-order valence-electron chi connectivity index (χ1n) is 8.18. The van der Waals surface area contributed by atoms with Gasteiger partial charge in [-0.3, -0.25) is 4.79 Å². The van der Waals surface area contributed by atoms with Crippen LogP contribution >= 0.6 is 11.6 Å². The zero-order valence-corrected chi connectivity index (χ0v) is 15.4. The van der Waals surface area contributed by atoms with Crippen molar-refractivity contribution in [2.75, 3.05) is 0 Å². The Labute approximate surface area is 149 Å². The minimum Gasteiger partial charge on any atom is -0.481 e. The maximum atomic E-state index is 12.4. The number of carbonyl (C=O) groups excluding carboxylic acids is 1. The van der Waals surface area contributed by atoms with Gasteiger partial charge in [-0.1, -0.05) is 42.8 Å². The van der Waals surface area contributed by atoms with Crippen LogP contribution in [-0.2, 0) is 11.3 Å². The molecule has 1 amide bonds. The van der Waals surface area contributed by atoms with Crippen molar-refractivity contribution in [1.82, 2.24) is 5.32 Å². The highest BCUT2D eigenvalue weighted by Crippen LogP contribution is 2.26. The van der Waals surface area contributed by atoms with Crippen molar-refractivity contribution in [3.63, 3.8) is 0 Å². The summed E-state index contributed by atoms with van der Waals surface area (Å²) in [6.07, 6.45) is 0.0781. The number of ether oxygens (including phenoxy) is 1. The smallest absolute Gasteiger partial charge is 0.261 e. The Morgan fingerprint density at radius 2 is 1.75 bits per heavy atom. The van der Waals surface area contributed by atoms with Crippen LogP contribution in [0, 0.1) is 20.8 Å². The van der Waals surface area contributed by atoms with E-state index in [1.54, 1.807) is 0 Å². The molecule has 3 nitrogen and oxygen atoms in total. The van der Waals surface area contributed by atoms with E-state index in [1.807, 2.05) is 64.1 Å². The predicted molar refractivity (Wildman–Crippen MR) is 98.7 cm³/mol. The van der Waals surface area contributed by atoms with Crippen molar-refractivity contribution in [1.29, 1.82) is 0 Å². The Morgan fingerprint density at radius 3 is 2.33 bits per heavy atom. The monoisotopic (exact) mass is 345 g/mol. The van der Waals surface area contributed by atoms with Crippen LogP contribution < -0.4 is 10.1 Å². The summed E-state index contributed by atoms with van der Waals surface area (Å²) in [6.45, 7) is 8.34. The highest BCUT2D eigenvalue weighted by Gasteiger charge is 2.19. The quantitative estimate of drug-likeness (QED) is 0.821. The van der Waals surface area contributed by atoms with E-state index < -0.39 is 6.10 Å². The zero-order chi connectivity index (χ0) is 17.7. The molecule has 128 valence electrons. The molecule has 0 aromatic heterocycles. The molecule has 1 N–H and O–H groups in total. The van der Waals surface area contributed by atoms with E-state index in [0.29, 0.717) is 18.7 Å². The standard InChI is InChI=1S/C20H24ClNO2/c1-5-18(24-17-10-14(3)19(21)15(4)11-17)20(23)22-12-16-9-7-6-8-13(16)2/h6-11,18H,5,12H2,1-4H3,(H,22,23). The number of nitrogens with one attached hydrogen (secondary N) is 1. The molecule has 0 fully saturated rings. The van der Waals surface area contributed by atoms with Gasteiger partial charge >= 0.3 is 0 Å². The third-order valence-corrected chi connectivity index (χ3v) is 4.66. The average Bonchev–Trinajstić information content (AvgIpc) is 2.56. The first-order valence-corrected chi connectivity index (χ1v) is 8.55. The Balaban J connectivity index is 2.03. The van der Waals surface area contributed by atoms with Crippen LogP contribution in [0.3, 0.4) is 0 Å². The number of aryl methyl sites for hydroxylation is 3. The Hall–Kier alpha value is -2.00. The average molecular weight is 346 g/mol. The normalized spacial score (nSPS) is 11.9. The van der Waals surface area contributed by atoms with Crippen molar-refractivity contribution in [3.05, 3.63) is 63.7 Å². The highest BCUT2D eigenvalue weighted by atomic mass is 35.5. The van der Waals surface area contributed by atoms with E-state index in [2.05, 4.69) is 5.32 Å². The Bertz CT molecular complexity index is 704. The fraction of sp³-hybridized carbons (Fsp3) is 0.350. The summed E-state index contributed by atoms with van der Waals surface area (Å²) < 4.78 is 5.89. The molecule has 1 atom stereocenters. The number of benzene rings is 2. The second-order valence-corrected chi connectivity index (χ2v) is 6.41. The summed E-state index contributed by atoms with van der Waals surface area (Å²) in [6, 6.07) is 11.8. The molecule has 2 aromatic carbocycles. The van der Waals surface area contributed by atoms with E-state index in [-0.39, 0.29) is 5.91 Å². The molecule has 1 unspecified atom stereocenters. The molecule has 4 heteroatoms. The van der Waals surface area contributed by atoms with Gasteiger partial charge in [0.05, 0.1) is 0 Å². The largest absolute Gasteiger partial charge is 0.481 e. The predicted octanol–water partition coefficient (Wildman–Crippen LogP) is 4.74. The summed E-state index contributed by atoms with van der Waals surface area (Å²) >= 11 is 6.18. The second-order valence-electron chi connectivity index (χ2n) is 6.03. The lowest BCUT2D eigenvalue weighted by atomic mass is 10.1. The van der Waals surface area contributed by atoms with Crippen LogP contribution in [0.5, 0.6) is 5.75 Å². The van der Waals surface area contributed by atoms with Crippen molar-refractivity contribution >= 4 is 17.5 Å². The Morgan fingerprint density at radius 1 is 1.12 bits per heavy atom. The van der Waals surface area contributed by atoms with Gasteiger partial charge in [-0.2, -0.15) is 0 Å². The lowest BCUT2D eigenvalue weighted by Gasteiger charge is -2.19. The van der Waals surface area contributed by atoms with Crippen molar-refractivity contribution in [2.45, 2.75) is 46.8 Å². The van der Waals surface area contributed by atoms with Gasteiger partial charge < -0.3 is 10.1 Å². The number of hydrogen-bond acceptors (Lipinski definition) is 2. The van der Waals surface area contributed by atoms with Crippen molar-refractivity contribution in [3.8, 4) is 5.75 Å². The molecule has 0 saturated heterocycles. The fourth-order valence-electron chi connectivity index (χ4n) is 2.57. The Kier molecular flexibility index (Phi) is 6.27. The second kappa shape index (κ2) is 8.20. The van der Waals surface area contributed by atoms with E-state index in [0.717, 1.165) is 27.3 Å². The minimum atomic E-state index is -0.519. The van der Waals surface area contributed by atoms with Gasteiger partial charge in [0.25, 0.3) is 5.91 Å². The van der Waals surface area contributed by atoms with E-state index in [1.165, 1.54) is 0 Å². The van der Waals surface area contributed by atoms with Crippen LogP contribution in [0.25, 0.3) is 0 Å². The van der Waals surface area contributed by atoms with Crippen LogP contribution in [-0.4, -0.2) is 12.0 Å². The maximum Gasteiger partial charge on any atom is 0.261 e. The molecule has 0 radical (unpaired) electrons. The lowest BCUT2D eigenvalue weighted by molar-refractivity contribution is -0.128. The molecule has 0 aliphatic carbocycles.